The molecular formula is C14H26N2O3. The van der Waals surface area contributed by atoms with Gasteiger partial charge in [-0.05, 0) is 32.4 Å². The average molecular weight is 270 g/mol. The molecule has 0 aliphatic carbocycles. The van der Waals surface area contributed by atoms with Gasteiger partial charge in [0, 0.05) is 13.0 Å². The summed E-state index contributed by atoms with van der Waals surface area (Å²) in [5, 5.41) is 2.70. The Balaban J connectivity index is 2.53. The monoisotopic (exact) mass is 270 g/mol. The van der Waals surface area contributed by atoms with Crippen LogP contribution in [0.25, 0.3) is 0 Å². The van der Waals surface area contributed by atoms with E-state index in [0.717, 1.165) is 45.2 Å². The van der Waals surface area contributed by atoms with Crippen LogP contribution in [0.2, 0.25) is 0 Å². The number of unbranched alkanes of at least 4 members (excludes halogenated alkanes) is 1. The van der Waals surface area contributed by atoms with Crippen LogP contribution in [-0.2, 0) is 14.3 Å². The van der Waals surface area contributed by atoms with Gasteiger partial charge in [0.05, 0.1) is 7.11 Å². The molecule has 0 aromatic heterocycles. The summed E-state index contributed by atoms with van der Waals surface area (Å²) in [5.74, 6) is 0.0559. The second kappa shape index (κ2) is 8.15. The van der Waals surface area contributed by atoms with E-state index in [1.54, 1.807) is 7.05 Å². The third-order valence-corrected chi connectivity index (χ3v) is 3.89. The van der Waals surface area contributed by atoms with Gasteiger partial charge in [-0.15, -0.1) is 0 Å². The van der Waals surface area contributed by atoms with E-state index in [0.29, 0.717) is 0 Å². The van der Waals surface area contributed by atoms with Crippen molar-refractivity contribution in [2.45, 2.75) is 45.1 Å². The Morgan fingerprint density at radius 3 is 2.47 bits per heavy atom. The summed E-state index contributed by atoms with van der Waals surface area (Å²) in [5.41, 5.74) is 0. The molecule has 1 aliphatic rings. The van der Waals surface area contributed by atoms with Gasteiger partial charge in [-0.1, -0.05) is 19.8 Å². The normalized spacial score (nSPS) is 18.9. The number of nitrogens with one attached hydrogen (secondary N) is 1. The van der Waals surface area contributed by atoms with Crippen LogP contribution in [0.15, 0.2) is 0 Å². The highest BCUT2D eigenvalue weighted by molar-refractivity contribution is 5.78. The summed E-state index contributed by atoms with van der Waals surface area (Å²) in [6, 6.07) is -0.143. The minimum atomic E-state index is -0.146. The number of carbonyl (C=O) groups is 2. The molecule has 1 saturated heterocycles. The van der Waals surface area contributed by atoms with Crippen LogP contribution in [0.4, 0.5) is 0 Å². The molecule has 1 aliphatic heterocycles. The maximum absolute atomic E-state index is 11.8. The van der Waals surface area contributed by atoms with Gasteiger partial charge < -0.3 is 10.1 Å². The van der Waals surface area contributed by atoms with Crippen molar-refractivity contribution in [3.63, 3.8) is 0 Å². The van der Waals surface area contributed by atoms with Crippen molar-refractivity contribution in [1.29, 1.82) is 0 Å². The number of likely N-dealkylation sites (tertiary alicyclic amines) is 1. The zero-order valence-electron chi connectivity index (χ0n) is 12.3. The fraction of sp³-hybridized carbons (Fsp3) is 0.857. The molecule has 110 valence electrons. The Kier molecular flexibility index (Phi) is 6.84. The number of amides is 1. The molecule has 1 unspecified atom stereocenters. The highest BCUT2D eigenvalue weighted by atomic mass is 16.5. The van der Waals surface area contributed by atoms with Crippen molar-refractivity contribution in [3.05, 3.63) is 0 Å². The molecule has 5 heteroatoms. The van der Waals surface area contributed by atoms with Gasteiger partial charge >= 0.3 is 5.97 Å². The van der Waals surface area contributed by atoms with Gasteiger partial charge in [0.2, 0.25) is 5.91 Å². The molecule has 19 heavy (non-hydrogen) atoms. The van der Waals surface area contributed by atoms with Gasteiger partial charge in [-0.3, -0.25) is 14.5 Å². The topological polar surface area (TPSA) is 58.6 Å². The lowest BCUT2D eigenvalue weighted by molar-refractivity contribution is -0.148. The third kappa shape index (κ3) is 4.49. The standard InChI is InChI=1S/C14H26N2O3/c1-4-5-6-12(14(18)19-3)16-9-7-11(8-10-16)13(17)15-2/h11-12H,4-10H2,1-3H3,(H,15,17). The molecule has 0 aromatic carbocycles. The minimum Gasteiger partial charge on any atom is -0.468 e. The summed E-state index contributed by atoms with van der Waals surface area (Å²) in [6.45, 7) is 3.70. The van der Waals surface area contributed by atoms with E-state index in [4.69, 9.17) is 4.74 Å². The Labute approximate surface area is 115 Å². The first kappa shape index (κ1) is 16.0. The smallest absolute Gasteiger partial charge is 0.323 e. The predicted octanol–water partition coefficient (Wildman–Crippen LogP) is 1.18. The molecule has 1 fully saturated rings. The molecule has 0 saturated carbocycles. The molecule has 1 amide bonds. The maximum Gasteiger partial charge on any atom is 0.323 e. The van der Waals surface area contributed by atoms with E-state index in [9.17, 15) is 9.59 Å². The lowest BCUT2D eigenvalue weighted by Gasteiger charge is -2.35. The largest absolute Gasteiger partial charge is 0.468 e. The van der Waals surface area contributed by atoms with Gasteiger partial charge in [0.25, 0.3) is 0 Å². The number of esters is 1. The molecule has 0 radical (unpaired) electrons. The van der Waals surface area contributed by atoms with Crippen molar-refractivity contribution in [1.82, 2.24) is 10.2 Å². The second-order valence-corrected chi connectivity index (χ2v) is 5.11. The van der Waals surface area contributed by atoms with Crippen LogP contribution in [0.5, 0.6) is 0 Å². The summed E-state index contributed by atoms with van der Waals surface area (Å²) in [7, 11) is 3.12. The quantitative estimate of drug-likeness (QED) is 0.736. The van der Waals surface area contributed by atoms with E-state index in [2.05, 4.69) is 17.1 Å². The van der Waals surface area contributed by atoms with Gasteiger partial charge in [0.15, 0.2) is 0 Å². The van der Waals surface area contributed by atoms with Crippen LogP contribution in [0, 0.1) is 5.92 Å². The predicted molar refractivity (Wildman–Crippen MR) is 73.7 cm³/mol. The Morgan fingerprint density at radius 1 is 1.37 bits per heavy atom. The first-order valence-corrected chi connectivity index (χ1v) is 7.17. The zero-order valence-corrected chi connectivity index (χ0v) is 12.3. The van der Waals surface area contributed by atoms with Crippen molar-refractivity contribution < 1.29 is 14.3 Å². The first-order chi connectivity index (χ1) is 9.13. The van der Waals surface area contributed by atoms with Crippen LogP contribution in [0.3, 0.4) is 0 Å². The molecular weight excluding hydrogens is 244 g/mol. The van der Waals surface area contributed by atoms with Gasteiger partial charge in [-0.2, -0.15) is 0 Å². The lowest BCUT2D eigenvalue weighted by Crippen LogP contribution is -2.48. The SMILES string of the molecule is CCCCC(C(=O)OC)N1CCC(C(=O)NC)CC1. The first-order valence-electron chi connectivity index (χ1n) is 7.17. The molecule has 0 aromatic rings. The van der Waals surface area contributed by atoms with E-state index < -0.39 is 0 Å². The van der Waals surface area contributed by atoms with E-state index in [-0.39, 0.29) is 23.8 Å². The Morgan fingerprint density at radius 2 is 2.00 bits per heavy atom. The van der Waals surface area contributed by atoms with Crippen molar-refractivity contribution >= 4 is 11.9 Å². The number of ether oxygens (including phenoxy) is 1. The number of methoxy groups -OCH3 is 1. The minimum absolute atomic E-state index is 0.0886. The summed E-state index contributed by atoms with van der Waals surface area (Å²) >= 11 is 0. The number of carbonyl (C=O) groups excluding carboxylic acids is 2. The van der Waals surface area contributed by atoms with E-state index in [1.165, 1.54) is 7.11 Å². The fourth-order valence-corrected chi connectivity index (χ4v) is 2.66. The van der Waals surface area contributed by atoms with Crippen molar-refractivity contribution in [3.8, 4) is 0 Å². The van der Waals surface area contributed by atoms with Crippen molar-refractivity contribution in [2.75, 3.05) is 27.2 Å². The average Bonchev–Trinajstić information content (AvgIpc) is 2.47. The Bertz CT molecular complexity index is 299. The zero-order chi connectivity index (χ0) is 14.3. The summed E-state index contributed by atoms with van der Waals surface area (Å²) in [4.78, 5) is 25.6. The fourth-order valence-electron chi connectivity index (χ4n) is 2.66. The van der Waals surface area contributed by atoms with Crippen LogP contribution < -0.4 is 5.32 Å². The molecule has 1 rings (SSSR count). The number of hydrogen-bond donors (Lipinski definition) is 1. The maximum atomic E-state index is 11.8. The molecule has 1 atom stereocenters. The summed E-state index contributed by atoms with van der Waals surface area (Å²) in [6.07, 6.45) is 4.57. The second-order valence-electron chi connectivity index (χ2n) is 5.11. The Hall–Kier alpha value is -1.10. The molecule has 0 spiro atoms. The molecule has 5 nitrogen and oxygen atoms in total. The highest BCUT2D eigenvalue weighted by Gasteiger charge is 2.31. The number of hydrogen-bond acceptors (Lipinski definition) is 4. The molecule has 1 heterocycles. The van der Waals surface area contributed by atoms with Crippen LogP contribution in [0.1, 0.15) is 39.0 Å². The van der Waals surface area contributed by atoms with E-state index >= 15 is 0 Å². The number of piperidine rings is 1. The van der Waals surface area contributed by atoms with Crippen molar-refractivity contribution in [2.24, 2.45) is 5.92 Å². The molecule has 0 bridgehead atoms. The number of nitrogens with zero attached hydrogens (tertiary/aromatic N) is 1. The van der Waals surface area contributed by atoms with Gasteiger partial charge in [-0.25, -0.2) is 0 Å². The summed E-state index contributed by atoms with van der Waals surface area (Å²) < 4.78 is 4.90. The van der Waals surface area contributed by atoms with Crippen LogP contribution in [-0.4, -0.2) is 50.1 Å². The number of rotatable bonds is 6. The lowest BCUT2D eigenvalue weighted by atomic mass is 9.94. The van der Waals surface area contributed by atoms with Crippen LogP contribution >= 0.6 is 0 Å². The van der Waals surface area contributed by atoms with E-state index in [1.807, 2.05) is 0 Å². The third-order valence-electron chi connectivity index (χ3n) is 3.89. The molecule has 1 N–H and O–H groups in total. The highest BCUT2D eigenvalue weighted by Crippen LogP contribution is 2.21. The van der Waals surface area contributed by atoms with Gasteiger partial charge in [0.1, 0.15) is 6.04 Å².